The third kappa shape index (κ3) is 2.85. The first-order chi connectivity index (χ1) is 6.63. The second kappa shape index (κ2) is 4.76. The number of amides is 1. The number of hydrogen-bond acceptors (Lipinski definition) is 3. The Morgan fingerprint density at radius 2 is 1.86 bits per heavy atom. The number of ether oxygens (including phenoxy) is 1. The average molecular weight is 258 g/mol. The molecule has 0 radical (unpaired) electrons. The lowest BCUT2D eigenvalue weighted by molar-refractivity contribution is 0.102. The van der Waals surface area contributed by atoms with Gasteiger partial charge in [0.05, 0.1) is 5.33 Å². The molecule has 0 fully saturated rings. The van der Waals surface area contributed by atoms with Crippen molar-refractivity contribution in [3.8, 4) is 5.75 Å². The van der Waals surface area contributed by atoms with Gasteiger partial charge in [0.2, 0.25) is 0 Å². The van der Waals surface area contributed by atoms with Gasteiger partial charge in [-0.25, -0.2) is 4.79 Å². The summed E-state index contributed by atoms with van der Waals surface area (Å²) >= 11 is 3.06. The van der Waals surface area contributed by atoms with E-state index in [1.165, 1.54) is 12.1 Å². The molecule has 0 aromatic heterocycles. The van der Waals surface area contributed by atoms with Crippen molar-refractivity contribution in [2.24, 2.45) is 5.73 Å². The van der Waals surface area contributed by atoms with Gasteiger partial charge in [-0.05, 0) is 24.3 Å². The van der Waals surface area contributed by atoms with Crippen molar-refractivity contribution in [1.82, 2.24) is 0 Å². The summed E-state index contributed by atoms with van der Waals surface area (Å²) in [6.45, 7) is 0. The topological polar surface area (TPSA) is 69.4 Å². The molecule has 74 valence electrons. The van der Waals surface area contributed by atoms with E-state index in [2.05, 4.69) is 20.7 Å². The van der Waals surface area contributed by atoms with Gasteiger partial charge in [0.25, 0.3) is 0 Å². The van der Waals surface area contributed by atoms with E-state index in [0.717, 1.165) is 0 Å². The number of hydrogen-bond donors (Lipinski definition) is 1. The van der Waals surface area contributed by atoms with Crippen LogP contribution in [0, 0.1) is 0 Å². The molecule has 0 unspecified atom stereocenters. The van der Waals surface area contributed by atoms with Crippen LogP contribution in [-0.2, 0) is 0 Å². The molecule has 0 aliphatic heterocycles. The Morgan fingerprint density at radius 3 is 2.29 bits per heavy atom. The van der Waals surface area contributed by atoms with Gasteiger partial charge in [-0.1, -0.05) is 15.9 Å². The molecule has 0 saturated carbocycles. The average Bonchev–Trinajstić information content (AvgIpc) is 2.17. The quantitative estimate of drug-likeness (QED) is 0.662. The molecule has 0 saturated heterocycles. The third-order valence-electron chi connectivity index (χ3n) is 1.52. The molecule has 0 aliphatic rings. The van der Waals surface area contributed by atoms with Gasteiger partial charge in [0.15, 0.2) is 5.78 Å². The van der Waals surface area contributed by atoms with E-state index < -0.39 is 6.09 Å². The summed E-state index contributed by atoms with van der Waals surface area (Å²) in [7, 11) is 0. The molecule has 0 spiro atoms. The maximum Gasteiger partial charge on any atom is 0.409 e. The Bertz CT molecular complexity index is 348. The second-order valence-corrected chi connectivity index (χ2v) is 3.06. The van der Waals surface area contributed by atoms with E-state index in [1.807, 2.05) is 0 Å². The normalized spacial score (nSPS) is 9.50. The molecular weight excluding hydrogens is 250 g/mol. The first-order valence-electron chi connectivity index (χ1n) is 3.80. The fraction of sp³-hybridized carbons (Fsp3) is 0.111. The lowest BCUT2D eigenvalue weighted by atomic mass is 10.1. The summed E-state index contributed by atoms with van der Waals surface area (Å²) in [6.07, 6.45) is -0.871. The van der Waals surface area contributed by atoms with Crippen molar-refractivity contribution in [3.63, 3.8) is 0 Å². The molecule has 0 aliphatic carbocycles. The van der Waals surface area contributed by atoms with E-state index in [9.17, 15) is 9.59 Å². The Hall–Kier alpha value is -1.36. The highest BCUT2D eigenvalue weighted by molar-refractivity contribution is 9.09. The van der Waals surface area contributed by atoms with Crippen LogP contribution in [0.25, 0.3) is 0 Å². The predicted octanol–water partition coefficient (Wildman–Crippen LogP) is 1.72. The lowest BCUT2D eigenvalue weighted by Gasteiger charge is -2.01. The third-order valence-corrected chi connectivity index (χ3v) is 2.03. The highest BCUT2D eigenvalue weighted by Crippen LogP contribution is 2.12. The second-order valence-electron chi connectivity index (χ2n) is 2.50. The zero-order valence-electron chi connectivity index (χ0n) is 7.20. The number of alkyl halides is 1. The van der Waals surface area contributed by atoms with E-state index in [0.29, 0.717) is 11.3 Å². The van der Waals surface area contributed by atoms with Crippen molar-refractivity contribution in [1.29, 1.82) is 0 Å². The Labute approximate surface area is 89.2 Å². The summed E-state index contributed by atoms with van der Waals surface area (Å²) < 4.78 is 4.60. The van der Waals surface area contributed by atoms with Crippen molar-refractivity contribution in [3.05, 3.63) is 29.8 Å². The number of halogens is 1. The predicted molar refractivity (Wildman–Crippen MR) is 54.8 cm³/mol. The summed E-state index contributed by atoms with van der Waals surface area (Å²) in [5, 5.41) is 0.267. The maximum absolute atomic E-state index is 11.2. The SMILES string of the molecule is NC(=O)Oc1ccc(C(=O)CBr)cc1. The molecule has 1 aromatic carbocycles. The molecular formula is C9H8BrNO3. The summed E-state index contributed by atoms with van der Waals surface area (Å²) in [4.78, 5) is 21.5. The molecule has 0 atom stereocenters. The molecule has 0 bridgehead atoms. The number of benzene rings is 1. The van der Waals surface area contributed by atoms with Crippen LogP contribution in [0.5, 0.6) is 5.75 Å². The van der Waals surface area contributed by atoms with Crippen LogP contribution in [0.3, 0.4) is 0 Å². The molecule has 1 amide bonds. The van der Waals surface area contributed by atoms with Crippen LogP contribution in [0.4, 0.5) is 4.79 Å². The van der Waals surface area contributed by atoms with Gasteiger partial charge >= 0.3 is 6.09 Å². The Morgan fingerprint density at radius 1 is 1.29 bits per heavy atom. The number of Topliss-reactive ketones (excluding diaryl/α,β-unsaturated/α-hetero) is 1. The summed E-state index contributed by atoms with van der Waals surface area (Å²) in [5.41, 5.74) is 5.37. The number of rotatable bonds is 3. The van der Waals surface area contributed by atoms with Gasteiger partial charge in [-0.2, -0.15) is 0 Å². The number of ketones is 1. The Kier molecular flexibility index (Phi) is 3.64. The standard InChI is InChI=1S/C9H8BrNO3/c10-5-8(12)6-1-3-7(4-2-6)14-9(11)13/h1-4H,5H2,(H2,11,13). The van der Waals surface area contributed by atoms with Crippen molar-refractivity contribution < 1.29 is 14.3 Å². The molecule has 1 rings (SSSR count). The van der Waals surface area contributed by atoms with E-state index >= 15 is 0 Å². The van der Waals surface area contributed by atoms with Gasteiger partial charge in [0.1, 0.15) is 5.75 Å². The lowest BCUT2D eigenvalue weighted by Crippen LogP contribution is -2.16. The van der Waals surface area contributed by atoms with Crippen LogP contribution >= 0.6 is 15.9 Å². The van der Waals surface area contributed by atoms with Crippen molar-refractivity contribution in [2.45, 2.75) is 0 Å². The fourth-order valence-corrected chi connectivity index (χ4v) is 1.23. The minimum atomic E-state index is -0.871. The highest BCUT2D eigenvalue weighted by atomic mass is 79.9. The van der Waals surface area contributed by atoms with Crippen LogP contribution < -0.4 is 10.5 Å². The molecule has 14 heavy (non-hydrogen) atoms. The van der Waals surface area contributed by atoms with Gasteiger partial charge in [0, 0.05) is 5.56 Å². The van der Waals surface area contributed by atoms with Crippen LogP contribution in [-0.4, -0.2) is 17.2 Å². The first-order valence-corrected chi connectivity index (χ1v) is 4.92. The Balaban J connectivity index is 2.78. The summed E-state index contributed by atoms with van der Waals surface area (Å²) in [5.74, 6) is 0.291. The van der Waals surface area contributed by atoms with Crippen LogP contribution in [0.15, 0.2) is 24.3 Å². The minimum Gasteiger partial charge on any atom is -0.411 e. The number of nitrogens with two attached hydrogens (primary N) is 1. The highest BCUT2D eigenvalue weighted by Gasteiger charge is 2.04. The molecule has 5 heteroatoms. The number of primary amides is 1. The van der Waals surface area contributed by atoms with Crippen LogP contribution in [0.1, 0.15) is 10.4 Å². The van der Waals surface area contributed by atoms with E-state index in [1.54, 1.807) is 12.1 Å². The van der Waals surface area contributed by atoms with Gasteiger partial charge in [-0.15, -0.1) is 0 Å². The maximum atomic E-state index is 11.2. The molecule has 4 nitrogen and oxygen atoms in total. The molecule has 0 heterocycles. The zero-order chi connectivity index (χ0) is 10.6. The number of carbonyl (C=O) groups excluding carboxylic acids is 2. The first kappa shape index (κ1) is 10.7. The van der Waals surface area contributed by atoms with E-state index in [-0.39, 0.29) is 11.1 Å². The monoisotopic (exact) mass is 257 g/mol. The minimum absolute atomic E-state index is 0.0318. The summed E-state index contributed by atoms with van der Waals surface area (Å²) in [6, 6.07) is 6.17. The smallest absolute Gasteiger partial charge is 0.409 e. The molecule has 2 N–H and O–H groups in total. The fourth-order valence-electron chi connectivity index (χ4n) is 0.902. The largest absolute Gasteiger partial charge is 0.411 e. The zero-order valence-corrected chi connectivity index (χ0v) is 8.78. The number of carbonyl (C=O) groups is 2. The van der Waals surface area contributed by atoms with Crippen LogP contribution in [0.2, 0.25) is 0 Å². The van der Waals surface area contributed by atoms with Crippen molar-refractivity contribution >= 4 is 27.8 Å². The van der Waals surface area contributed by atoms with E-state index in [4.69, 9.17) is 5.73 Å². The van der Waals surface area contributed by atoms with Gasteiger partial charge < -0.3 is 10.5 Å². The van der Waals surface area contributed by atoms with Gasteiger partial charge in [-0.3, -0.25) is 4.79 Å². The molecule has 1 aromatic rings. The van der Waals surface area contributed by atoms with Crippen molar-refractivity contribution in [2.75, 3.05) is 5.33 Å².